The summed E-state index contributed by atoms with van der Waals surface area (Å²) >= 11 is 0. The van der Waals surface area contributed by atoms with Crippen molar-refractivity contribution in [2.75, 3.05) is 13.2 Å². The highest BCUT2D eigenvalue weighted by Crippen LogP contribution is 2.49. The van der Waals surface area contributed by atoms with Crippen LogP contribution in [0.15, 0.2) is 24.3 Å². The first-order valence-electron chi connectivity index (χ1n) is 8.85. The largest absolute Gasteiger partial charge is 0.489 e. The molecule has 0 bridgehead atoms. The van der Waals surface area contributed by atoms with E-state index in [1.807, 2.05) is 27.7 Å². The molecule has 140 valence electrons. The molecule has 2 rings (SSSR count). The predicted octanol–water partition coefficient (Wildman–Crippen LogP) is 2.63. The van der Waals surface area contributed by atoms with E-state index in [1.54, 1.807) is 12.1 Å². The molecule has 1 aliphatic rings. The minimum atomic E-state index is -0.954. The second kappa shape index (κ2) is 7.70. The van der Waals surface area contributed by atoms with Gasteiger partial charge in [0, 0.05) is 24.5 Å². The smallest absolute Gasteiger partial charge is 0.240 e. The number of benzene rings is 1. The Balaban J connectivity index is 1.92. The van der Waals surface area contributed by atoms with Crippen LogP contribution >= 0.6 is 0 Å². The number of carbonyl (C=O) groups is 1. The van der Waals surface area contributed by atoms with Gasteiger partial charge in [0.1, 0.15) is 23.2 Å². The Morgan fingerprint density at radius 2 is 2.16 bits per heavy atom. The molecule has 1 aromatic carbocycles. The van der Waals surface area contributed by atoms with Crippen molar-refractivity contribution in [2.24, 2.45) is 11.1 Å². The van der Waals surface area contributed by atoms with Crippen molar-refractivity contribution < 1.29 is 18.7 Å². The first-order valence-corrected chi connectivity index (χ1v) is 8.85. The molecule has 1 fully saturated rings. The highest BCUT2D eigenvalue weighted by atomic mass is 19.1. The van der Waals surface area contributed by atoms with Gasteiger partial charge in [0.2, 0.25) is 5.91 Å². The molecule has 0 aromatic heterocycles. The van der Waals surface area contributed by atoms with Gasteiger partial charge in [0.15, 0.2) is 0 Å². The van der Waals surface area contributed by atoms with Crippen LogP contribution in [0.4, 0.5) is 4.39 Å². The average Bonchev–Trinajstić information content (AvgIpc) is 2.57. The Morgan fingerprint density at radius 1 is 1.44 bits per heavy atom. The quantitative estimate of drug-likeness (QED) is 0.754. The second-order valence-corrected chi connectivity index (χ2v) is 7.16. The van der Waals surface area contributed by atoms with Crippen molar-refractivity contribution in [3.05, 3.63) is 30.1 Å². The summed E-state index contributed by atoms with van der Waals surface area (Å²) in [5.74, 6) is -0.103. The van der Waals surface area contributed by atoms with Crippen molar-refractivity contribution in [3.8, 4) is 5.75 Å². The van der Waals surface area contributed by atoms with E-state index in [1.165, 1.54) is 12.1 Å². The van der Waals surface area contributed by atoms with Gasteiger partial charge >= 0.3 is 0 Å². The van der Waals surface area contributed by atoms with Crippen molar-refractivity contribution >= 4 is 5.91 Å². The number of nitrogens with two attached hydrogens (primary N) is 1. The Morgan fingerprint density at radius 3 is 2.72 bits per heavy atom. The fourth-order valence-electron chi connectivity index (χ4n) is 3.19. The second-order valence-electron chi connectivity index (χ2n) is 7.16. The van der Waals surface area contributed by atoms with E-state index in [0.717, 1.165) is 0 Å². The standard InChI is InChI=1S/C19H29FN2O3/c1-5-14(25-15-9-7-8-13(20)10-15)12-22-17(23)19(21)11-16(24-6-2)18(19,3)4/h7-10,14,16H,5-6,11-12,21H2,1-4H3,(H,22,23). The third-order valence-corrected chi connectivity index (χ3v) is 5.28. The van der Waals surface area contributed by atoms with Gasteiger partial charge in [-0.2, -0.15) is 0 Å². The highest BCUT2D eigenvalue weighted by Gasteiger charge is 2.62. The van der Waals surface area contributed by atoms with Crippen LogP contribution in [0.2, 0.25) is 0 Å². The van der Waals surface area contributed by atoms with Crippen LogP contribution in [0.3, 0.4) is 0 Å². The maximum Gasteiger partial charge on any atom is 0.240 e. The summed E-state index contributed by atoms with van der Waals surface area (Å²) in [4.78, 5) is 12.6. The molecule has 3 unspecified atom stereocenters. The SMILES string of the molecule is CCOC1CC(N)(C(=O)NCC(CC)Oc2cccc(F)c2)C1(C)C. The number of nitrogens with one attached hydrogen (secondary N) is 1. The van der Waals surface area contributed by atoms with Crippen LogP contribution < -0.4 is 15.8 Å². The van der Waals surface area contributed by atoms with E-state index in [4.69, 9.17) is 15.2 Å². The highest BCUT2D eigenvalue weighted by molar-refractivity contribution is 5.88. The number of hydrogen-bond donors (Lipinski definition) is 2. The lowest BCUT2D eigenvalue weighted by Gasteiger charge is -2.57. The Kier molecular flexibility index (Phi) is 6.06. The van der Waals surface area contributed by atoms with Gasteiger partial charge in [0.05, 0.1) is 12.6 Å². The molecule has 1 aromatic rings. The summed E-state index contributed by atoms with van der Waals surface area (Å²) in [6, 6.07) is 5.98. The number of ether oxygens (including phenoxy) is 2. The van der Waals surface area contributed by atoms with Crippen LogP contribution in [0.5, 0.6) is 5.75 Å². The van der Waals surface area contributed by atoms with Gasteiger partial charge in [-0.25, -0.2) is 4.39 Å². The molecule has 0 aliphatic heterocycles. The van der Waals surface area contributed by atoms with Gasteiger partial charge in [-0.1, -0.05) is 26.8 Å². The Bertz CT molecular complexity index is 608. The molecule has 0 saturated heterocycles. The monoisotopic (exact) mass is 352 g/mol. The molecule has 5 nitrogen and oxygen atoms in total. The maximum absolute atomic E-state index is 13.3. The summed E-state index contributed by atoms with van der Waals surface area (Å²) < 4.78 is 24.7. The van der Waals surface area contributed by atoms with Crippen molar-refractivity contribution in [1.82, 2.24) is 5.32 Å². The Labute approximate surface area is 149 Å². The molecule has 25 heavy (non-hydrogen) atoms. The predicted molar refractivity (Wildman–Crippen MR) is 94.8 cm³/mol. The number of rotatable bonds is 8. The van der Waals surface area contributed by atoms with Crippen LogP contribution in [-0.4, -0.2) is 36.8 Å². The molecule has 0 radical (unpaired) electrons. The first-order chi connectivity index (χ1) is 11.7. The van der Waals surface area contributed by atoms with E-state index in [2.05, 4.69) is 5.32 Å². The summed E-state index contributed by atoms with van der Waals surface area (Å²) in [6.07, 6.45) is 0.916. The minimum Gasteiger partial charge on any atom is -0.489 e. The summed E-state index contributed by atoms with van der Waals surface area (Å²) in [7, 11) is 0. The summed E-state index contributed by atoms with van der Waals surface area (Å²) in [5, 5.41) is 2.89. The molecule has 3 N–H and O–H groups in total. The van der Waals surface area contributed by atoms with Gasteiger partial charge in [-0.15, -0.1) is 0 Å². The molecule has 3 atom stereocenters. The fraction of sp³-hybridized carbons (Fsp3) is 0.632. The molecule has 0 heterocycles. The van der Waals surface area contributed by atoms with E-state index in [9.17, 15) is 9.18 Å². The van der Waals surface area contributed by atoms with E-state index < -0.39 is 11.0 Å². The Hall–Kier alpha value is -1.66. The summed E-state index contributed by atoms with van der Waals surface area (Å²) in [5.41, 5.74) is 4.98. The van der Waals surface area contributed by atoms with Crippen LogP contribution in [0.1, 0.15) is 40.5 Å². The lowest BCUT2D eigenvalue weighted by molar-refractivity contribution is -0.170. The van der Waals surface area contributed by atoms with Crippen molar-refractivity contribution in [1.29, 1.82) is 0 Å². The maximum atomic E-state index is 13.3. The molecule has 0 spiro atoms. The van der Waals surface area contributed by atoms with Gasteiger partial charge < -0.3 is 20.5 Å². The third kappa shape index (κ3) is 3.96. The van der Waals surface area contributed by atoms with E-state index in [-0.39, 0.29) is 23.9 Å². The zero-order chi connectivity index (χ0) is 18.7. The van der Waals surface area contributed by atoms with Crippen LogP contribution in [-0.2, 0) is 9.53 Å². The molecular formula is C19H29FN2O3. The van der Waals surface area contributed by atoms with E-state index >= 15 is 0 Å². The number of hydrogen-bond acceptors (Lipinski definition) is 4. The van der Waals surface area contributed by atoms with Gasteiger partial charge in [-0.3, -0.25) is 4.79 Å². The topological polar surface area (TPSA) is 73.6 Å². The minimum absolute atomic E-state index is 0.0150. The first kappa shape index (κ1) is 19.7. The number of amides is 1. The molecule has 1 amide bonds. The van der Waals surface area contributed by atoms with Gasteiger partial charge in [0.25, 0.3) is 0 Å². The van der Waals surface area contributed by atoms with E-state index in [0.29, 0.717) is 31.7 Å². The van der Waals surface area contributed by atoms with Crippen molar-refractivity contribution in [2.45, 2.75) is 58.3 Å². The average molecular weight is 352 g/mol. The zero-order valence-electron chi connectivity index (χ0n) is 15.5. The fourth-order valence-corrected chi connectivity index (χ4v) is 3.19. The summed E-state index contributed by atoms with van der Waals surface area (Å²) in [6.45, 7) is 8.72. The van der Waals surface area contributed by atoms with Crippen molar-refractivity contribution in [3.63, 3.8) is 0 Å². The zero-order valence-corrected chi connectivity index (χ0v) is 15.5. The molecule has 1 aliphatic carbocycles. The lowest BCUT2D eigenvalue weighted by atomic mass is 9.54. The van der Waals surface area contributed by atoms with Crippen LogP contribution in [0.25, 0.3) is 0 Å². The molecular weight excluding hydrogens is 323 g/mol. The normalized spacial score (nSPS) is 25.8. The van der Waals surface area contributed by atoms with Crippen LogP contribution in [0, 0.1) is 11.2 Å². The lowest BCUT2D eigenvalue weighted by Crippen LogP contribution is -2.76. The number of carbonyl (C=O) groups excluding carboxylic acids is 1. The molecule has 6 heteroatoms. The number of halogens is 1. The third-order valence-electron chi connectivity index (χ3n) is 5.28. The molecule has 1 saturated carbocycles. The van der Waals surface area contributed by atoms with Gasteiger partial charge in [-0.05, 0) is 25.5 Å².